The van der Waals surface area contributed by atoms with Gasteiger partial charge < -0.3 is 10.1 Å². The maximum Gasteiger partial charge on any atom is 0.336 e. The highest BCUT2D eigenvalue weighted by Gasteiger charge is 2.37. The second-order valence-electron chi connectivity index (χ2n) is 5.60. The first kappa shape index (κ1) is 13.8. The number of benzene rings is 3. The third-order valence-electron chi connectivity index (χ3n) is 4.22. The zero-order valence-corrected chi connectivity index (χ0v) is 12.6. The van der Waals surface area contributed by atoms with Crippen molar-refractivity contribution in [2.75, 3.05) is 11.9 Å². The first-order valence-corrected chi connectivity index (χ1v) is 7.62. The van der Waals surface area contributed by atoms with Gasteiger partial charge in [-0.3, -0.25) is 4.79 Å². The van der Waals surface area contributed by atoms with Crippen molar-refractivity contribution in [2.24, 2.45) is 0 Å². The van der Waals surface area contributed by atoms with Crippen LogP contribution >= 0.6 is 0 Å². The highest BCUT2D eigenvalue weighted by molar-refractivity contribution is 6.26. The topological polar surface area (TPSA) is 55.4 Å². The molecule has 4 heteroatoms. The molecule has 1 aliphatic rings. The molecule has 0 saturated carbocycles. The summed E-state index contributed by atoms with van der Waals surface area (Å²) in [5, 5.41) is 7.03. The number of nitrogens with one attached hydrogen (secondary N) is 1. The molecule has 4 rings (SSSR count). The smallest absolute Gasteiger partial charge is 0.336 e. The number of hydrogen-bond donors (Lipinski definition) is 1. The molecule has 1 atom stereocenters. The van der Waals surface area contributed by atoms with E-state index in [1.165, 1.54) is 0 Å². The van der Waals surface area contributed by atoms with Gasteiger partial charge in [0.15, 0.2) is 11.8 Å². The second-order valence-corrected chi connectivity index (χ2v) is 5.60. The van der Waals surface area contributed by atoms with Crippen molar-refractivity contribution in [2.45, 2.75) is 13.0 Å². The SMILES string of the molecule is CCOC(=O)C1Nc2ccc3cc4ccccc4cc3c2C1=O. The van der Waals surface area contributed by atoms with E-state index in [0.717, 1.165) is 21.5 Å². The second kappa shape index (κ2) is 5.09. The van der Waals surface area contributed by atoms with Gasteiger partial charge in [0, 0.05) is 5.69 Å². The van der Waals surface area contributed by atoms with Crippen molar-refractivity contribution in [1.82, 2.24) is 0 Å². The van der Waals surface area contributed by atoms with Crippen LogP contribution in [0.15, 0.2) is 48.5 Å². The molecule has 0 aromatic heterocycles. The number of ether oxygens (including phenoxy) is 1. The number of carbonyl (C=O) groups is 2. The fourth-order valence-electron chi connectivity index (χ4n) is 3.16. The molecular formula is C19H15NO3. The highest BCUT2D eigenvalue weighted by Crippen LogP contribution is 2.35. The summed E-state index contributed by atoms with van der Waals surface area (Å²) >= 11 is 0. The molecule has 0 fully saturated rings. The predicted molar refractivity (Wildman–Crippen MR) is 89.8 cm³/mol. The number of esters is 1. The Hall–Kier alpha value is -2.88. The average Bonchev–Trinajstić information content (AvgIpc) is 2.90. The number of Topliss-reactive ketones (excluding diaryl/α,β-unsaturated/α-hetero) is 1. The van der Waals surface area contributed by atoms with Crippen molar-refractivity contribution < 1.29 is 14.3 Å². The molecule has 0 radical (unpaired) electrons. The average molecular weight is 305 g/mol. The number of ketones is 1. The number of fused-ring (bicyclic) bond motifs is 4. The Morgan fingerprint density at radius 3 is 2.57 bits per heavy atom. The fourth-order valence-corrected chi connectivity index (χ4v) is 3.16. The lowest BCUT2D eigenvalue weighted by molar-refractivity contribution is -0.142. The predicted octanol–water partition coefficient (Wildman–Crippen LogP) is 3.53. The fraction of sp³-hybridized carbons (Fsp3) is 0.158. The van der Waals surface area contributed by atoms with E-state index in [1.807, 2.05) is 42.5 Å². The molecule has 114 valence electrons. The first-order chi connectivity index (χ1) is 11.2. The van der Waals surface area contributed by atoms with Crippen molar-refractivity contribution in [1.29, 1.82) is 0 Å². The van der Waals surface area contributed by atoms with Gasteiger partial charge in [0.25, 0.3) is 0 Å². The minimum absolute atomic E-state index is 0.223. The molecule has 1 aliphatic heterocycles. The standard InChI is InChI=1S/C19H15NO3/c1-2-23-19(22)17-18(21)16-14-10-12-6-4-3-5-11(12)9-13(14)7-8-15(16)20-17/h3-10,17,20H,2H2,1H3. The summed E-state index contributed by atoms with van der Waals surface area (Å²) in [6.07, 6.45) is 0. The quantitative estimate of drug-likeness (QED) is 0.447. The van der Waals surface area contributed by atoms with Crippen LogP contribution in [0.4, 0.5) is 5.69 Å². The lowest BCUT2D eigenvalue weighted by Crippen LogP contribution is -2.33. The Bertz CT molecular complexity index is 961. The molecule has 23 heavy (non-hydrogen) atoms. The van der Waals surface area contributed by atoms with Crippen molar-refractivity contribution in [3.63, 3.8) is 0 Å². The van der Waals surface area contributed by atoms with Gasteiger partial charge in [-0.1, -0.05) is 30.3 Å². The molecule has 0 spiro atoms. The summed E-state index contributed by atoms with van der Waals surface area (Å²) in [4.78, 5) is 24.7. The maximum atomic E-state index is 12.7. The molecule has 3 aromatic rings. The third kappa shape index (κ3) is 2.06. The van der Waals surface area contributed by atoms with Gasteiger partial charge in [-0.05, 0) is 46.7 Å². The number of anilines is 1. The zero-order valence-electron chi connectivity index (χ0n) is 12.6. The molecule has 0 bridgehead atoms. The van der Waals surface area contributed by atoms with Crippen LogP contribution in [-0.2, 0) is 9.53 Å². The molecule has 0 saturated heterocycles. The van der Waals surface area contributed by atoms with Crippen LogP contribution < -0.4 is 5.32 Å². The van der Waals surface area contributed by atoms with Crippen LogP contribution in [0.5, 0.6) is 0 Å². The Balaban J connectivity index is 1.90. The van der Waals surface area contributed by atoms with E-state index in [1.54, 1.807) is 6.92 Å². The molecule has 4 nitrogen and oxygen atoms in total. The van der Waals surface area contributed by atoms with Crippen molar-refractivity contribution in [3.05, 3.63) is 54.1 Å². The summed E-state index contributed by atoms with van der Waals surface area (Å²) in [6.45, 7) is 1.98. The minimum atomic E-state index is -0.943. The van der Waals surface area contributed by atoms with E-state index in [0.29, 0.717) is 11.3 Å². The van der Waals surface area contributed by atoms with E-state index in [-0.39, 0.29) is 12.4 Å². The summed E-state index contributed by atoms with van der Waals surface area (Å²) in [6, 6.07) is 15.0. The molecule has 0 aliphatic carbocycles. The van der Waals surface area contributed by atoms with Crippen LogP contribution in [0.1, 0.15) is 17.3 Å². The van der Waals surface area contributed by atoms with E-state index >= 15 is 0 Å². The van der Waals surface area contributed by atoms with Crippen LogP contribution in [0.2, 0.25) is 0 Å². The first-order valence-electron chi connectivity index (χ1n) is 7.62. The summed E-state index contributed by atoms with van der Waals surface area (Å²) < 4.78 is 4.99. The largest absolute Gasteiger partial charge is 0.464 e. The molecule has 3 aromatic carbocycles. The van der Waals surface area contributed by atoms with E-state index in [4.69, 9.17) is 4.74 Å². The lowest BCUT2D eigenvalue weighted by Gasteiger charge is -2.07. The van der Waals surface area contributed by atoms with Crippen LogP contribution in [-0.4, -0.2) is 24.4 Å². The molecule has 1 heterocycles. The van der Waals surface area contributed by atoms with Gasteiger partial charge >= 0.3 is 5.97 Å². The Morgan fingerprint density at radius 2 is 1.83 bits per heavy atom. The third-order valence-corrected chi connectivity index (χ3v) is 4.22. The van der Waals surface area contributed by atoms with Gasteiger partial charge in [-0.2, -0.15) is 0 Å². The van der Waals surface area contributed by atoms with Gasteiger partial charge in [-0.15, -0.1) is 0 Å². The van der Waals surface area contributed by atoms with Crippen LogP contribution in [0.3, 0.4) is 0 Å². The molecular weight excluding hydrogens is 290 g/mol. The number of rotatable bonds is 2. The molecule has 1 N–H and O–H groups in total. The normalized spacial score (nSPS) is 16.4. The number of hydrogen-bond acceptors (Lipinski definition) is 4. The highest BCUT2D eigenvalue weighted by atomic mass is 16.5. The van der Waals surface area contributed by atoms with E-state index < -0.39 is 12.0 Å². The van der Waals surface area contributed by atoms with Crippen molar-refractivity contribution >= 4 is 39.0 Å². The summed E-state index contributed by atoms with van der Waals surface area (Å²) in [5.41, 5.74) is 1.27. The van der Waals surface area contributed by atoms with Gasteiger partial charge in [-0.25, -0.2) is 4.79 Å². The minimum Gasteiger partial charge on any atom is -0.464 e. The van der Waals surface area contributed by atoms with Gasteiger partial charge in [0.2, 0.25) is 0 Å². The zero-order chi connectivity index (χ0) is 16.0. The number of carbonyl (C=O) groups excluding carboxylic acids is 2. The van der Waals surface area contributed by atoms with E-state index in [2.05, 4.69) is 11.4 Å². The van der Waals surface area contributed by atoms with Crippen LogP contribution in [0.25, 0.3) is 21.5 Å². The Kier molecular flexibility index (Phi) is 3.05. The van der Waals surface area contributed by atoms with E-state index in [9.17, 15) is 9.59 Å². The monoisotopic (exact) mass is 305 g/mol. The Labute approximate surface area is 133 Å². The summed E-state index contributed by atoms with van der Waals surface area (Å²) in [5.74, 6) is -0.748. The Morgan fingerprint density at radius 1 is 1.09 bits per heavy atom. The summed E-state index contributed by atoms with van der Waals surface area (Å²) in [7, 11) is 0. The lowest BCUT2D eigenvalue weighted by atomic mass is 9.97. The maximum absolute atomic E-state index is 12.7. The van der Waals surface area contributed by atoms with Crippen molar-refractivity contribution in [3.8, 4) is 0 Å². The molecule has 0 amide bonds. The van der Waals surface area contributed by atoms with Gasteiger partial charge in [0.1, 0.15) is 0 Å². The van der Waals surface area contributed by atoms with Crippen LogP contribution in [0, 0.1) is 0 Å². The van der Waals surface area contributed by atoms with Gasteiger partial charge in [0.05, 0.1) is 12.2 Å². The molecule has 1 unspecified atom stereocenters.